The number of hydrogen-bond acceptors (Lipinski definition) is 4. The molecule has 0 aliphatic carbocycles. The van der Waals surface area contributed by atoms with Crippen molar-refractivity contribution in [3.8, 4) is 62.1 Å². The number of aromatic nitrogens is 4. The number of fused-ring (bicyclic) bond motifs is 6. The summed E-state index contributed by atoms with van der Waals surface area (Å²) in [4.78, 5) is 15.2. The van der Waals surface area contributed by atoms with Gasteiger partial charge in [0.15, 0.2) is 17.5 Å². The van der Waals surface area contributed by atoms with Gasteiger partial charge < -0.3 is 8.98 Å². The molecule has 3 aromatic heterocycles. The third-order valence-corrected chi connectivity index (χ3v) is 10.6. The van der Waals surface area contributed by atoms with Crippen LogP contribution in [0.2, 0.25) is 0 Å². The lowest BCUT2D eigenvalue weighted by atomic mass is 10.0. The summed E-state index contributed by atoms with van der Waals surface area (Å²) in [5.41, 5.74) is 12.4. The molecule has 3 heterocycles. The predicted octanol–water partition coefficient (Wildman–Crippen LogP) is 13.2. The lowest BCUT2D eigenvalue weighted by Gasteiger charge is -2.10. The molecule has 0 saturated carbocycles. The van der Waals surface area contributed by atoms with E-state index in [9.17, 15) is 0 Å². The molecule has 5 nitrogen and oxygen atoms in total. The van der Waals surface area contributed by atoms with Crippen molar-refractivity contribution in [2.45, 2.75) is 0 Å². The maximum absolute atomic E-state index is 6.57. The van der Waals surface area contributed by atoms with Crippen LogP contribution in [0.4, 0.5) is 0 Å². The molecule has 0 aliphatic heterocycles. The van der Waals surface area contributed by atoms with E-state index in [4.69, 9.17) is 19.4 Å². The molecule has 0 saturated heterocycles. The van der Waals surface area contributed by atoms with Gasteiger partial charge in [-0.3, -0.25) is 0 Å². The zero-order valence-corrected chi connectivity index (χ0v) is 30.2. The van der Waals surface area contributed by atoms with Gasteiger partial charge in [0.1, 0.15) is 11.2 Å². The molecule has 0 amide bonds. The number of nitrogens with zero attached hydrogens (tertiary/aromatic N) is 4. The second-order valence-corrected chi connectivity index (χ2v) is 14.1. The molecule has 0 fully saturated rings. The Morgan fingerprint density at radius 3 is 1.55 bits per heavy atom. The van der Waals surface area contributed by atoms with Crippen molar-refractivity contribution in [3.63, 3.8) is 0 Å². The molecule has 8 aromatic carbocycles. The Morgan fingerprint density at radius 1 is 0.304 bits per heavy atom. The Kier molecular flexibility index (Phi) is 7.42. The van der Waals surface area contributed by atoms with E-state index in [0.717, 1.165) is 71.9 Å². The lowest BCUT2D eigenvalue weighted by molar-refractivity contribution is 0.669. The van der Waals surface area contributed by atoms with Crippen LogP contribution in [-0.2, 0) is 0 Å². The van der Waals surface area contributed by atoms with Gasteiger partial charge in [-0.15, -0.1) is 0 Å². The fraction of sp³-hybridized carbons (Fsp3) is 0. The Balaban J connectivity index is 1.09. The molecule has 0 unspecified atom stereocenters. The molecule has 11 rings (SSSR count). The molecule has 11 aromatic rings. The van der Waals surface area contributed by atoms with Crippen LogP contribution in [0.15, 0.2) is 199 Å². The van der Waals surface area contributed by atoms with Crippen molar-refractivity contribution >= 4 is 43.7 Å². The lowest BCUT2D eigenvalue weighted by Crippen LogP contribution is -2.00. The quantitative estimate of drug-likeness (QED) is 0.172. The standard InChI is InChI=1S/C51H32N4O/c1-4-14-33(15-5-1)36-20-12-22-38(28-36)50-52-49(35-18-8-3-9-19-35)53-51(54-50)39-26-27-47-43(30-39)44-31-46-42(32-48(44)56-47)41-24-10-11-25-45(41)55(46)40-23-13-21-37(29-40)34-16-6-2-7-17-34/h1-32H. The average Bonchev–Trinajstić information content (AvgIpc) is 3.80. The van der Waals surface area contributed by atoms with Gasteiger partial charge in [0.25, 0.3) is 0 Å². The Hall–Kier alpha value is -7.63. The van der Waals surface area contributed by atoms with Crippen LogP contribution in [0.25, 0.3) is 106 Å². The third kappa shape index (κ3) is 5.45. The summed E-state index contributed by atoms with van der Waals surface area (Å²) in [5, 5.41) is 4.36. The number of para-hydroxylation sites is 1. The van der Waals surface area contributed by atoms with E-state index in [1.165, 1.54) is 16.5 Å². The van der Waals surface area contributed by atoms with Crippen molar-refractivity contribution in [1.82, 2.24) is 19.5 Å². The van der Waals surface area contributed by atoms with E-state index in [2.05, 4.69) is 150 Å². The summed E-state index contributed by atoms with van der Waals surface area (Å²) < 4.78 is 8.94. The van der Waals surface area contributed by atoms with Gasteiger partial charge in [-0.1, -0.05) is 140 Å². The molecule has 0 spiro atoms. The van der Waals surface area contributed by atoms with Gasteiger partial charge in [0.05, 0.1) is 11.0 Å². The molecule has 0 bridgehead atoms. The van der Waals surface area contributed by atoms with Gasteiger partial charge in [-0.2, -0.15) is 0 Å². The minimum Gasteiger partial charge on any atom is -0.456 e. The van der Waals surface area contributed by atoms with Crippen molar-refractivity contribution in [3.05, 3.63) is 194 Å². The van der Waals surface area contributed by atoms with Gasteiger partial charge in [-0.25, -0.2) is 15.0 Å². The SMILES string of the molecule is c1ccc(-c2cccc(-c3nc(-c4ccccc4)nc(-c4ccc5oc6cc7c8ccccc8n(-c8cccc(-c9ccccc9)c8)c7cc6c5c4)n3)c2)cc1. The Morgan fingerprint density at radius 2 is 0.839 bits per heavy atom. The van der Waals surface area contributed by atoms with Gasteiger partial charge in [-0.05, 0) is 76.9 Å². The monoisotopic (exact) mass is 716 g/mol. The van der Waals surface area contributed by atoms with E-state index in [1.54, 1.807) is 0 Å². The van der Waals surface area contributed by atoms with Crippen LogP contribution >= 0.6 is 0 Å². The Labute approximate surface area is 322 Å². The minimum absolute atomic E-state index is 0.600. The van der Waals surface area contributed by atoms with Crippen LogP contribution in [0, 0.1) is 0 Å². The number of furan rings is 1. The normalized spacial score (nSPS) is 11.6. The zero-order chi connectivity index (χ0) is 37.0. The molecular formula is C51H32N4O. The summed E-state index contributed by atoms with van der Waals surface area (Å²) in [5.74, 6) is 1.84. The summed E-state index contributed by atoms with van der Waals surface area (Å²) in [6, 6.07) is 67.5. The zero-order valence-electron chi connectivity index (χ0n) is 30.2. The predicted molar refractivity (Wildman–Crippen MR) is 229 cm³/mol. The van der Waals surface area contributed by atoms with Crippen LogP contribution < -0.4 is 0 Å². The molecule has 0 radical (unpaired) electrons. The topological polar surface area (TPSA) is 56.7 Å². The van der Waals surface area contributed by atoms with Crippen LogP contribution in [0.5, 0.6) is 0 Å². The molecule has 262 valence electrons. The fourth-order valence-electron chi connectivity index (χ4n) is 7.93. The molecule has 0 N–H and O–H groups in total. The second-order valence-electron chi connectivity index (χ2n) is 14.1. The Bertz CT molecular complexity index is 3240. The number of rotatable bonds is 6. The summed E-state index contributed by atoms with van der Waals surface area (Å²) in [6.07, 6.45) is 0. The van der Waals surface area contributed by atoms with E-state index in [-0.39, 0.29) is 0 Å². The highest BCUT2D eigenvalue weighted by atomic mass is 16.3. The highest BCUT2D eigenvalue weighted by molar-refractivity contribution is 6.17. The molecular weight excluding hydrogens is 685 g/mol. The van der Waals surface area contributed by atoms with E-state index < -0.39 is 0 Å². The van der Waals surface area contributed by atoms with E-state index >= 15 is 0 Å². The second kappa shape index (κ2) is 13.0. The van der Waals surface area contributed by atoms with Crippen LogP contribution in [0.3, 0.4) is 0 Å². The van der Waals surface area contributed by atoms with Crippen molar-refractivity contribution in [2.75, 3.05) is 0 Å². The first-order chi connectivity index (χ1) is 27.7. The molecule has 56 heavy (non-hydrogen) atoms. The van der Waals surface area contributed by atoms with E-state index in [0.29, 0.717) is 17.5 Å². The molecule has 0 atom stereocenters. The number of benzene rings is 8. The third-order valence-electron chi connectivity index (χ3n) is 10.6. The first kappa shape index (κ1) is 31.9. The fourth-order valence-corrected chi connectivity index (χ4v) is 7.93. The smallest absolute Gasteiger partial charge is 0.164 e. The average molecular weight is 717 g/mol. The van der Waals surface area contributed by atoms with Crippen LogP contribution in [-0.4, -0.2) is 19.5 Å². The van der Waals surface area contributed by atoms with Crippen LogP contribution in [0.1, 0.15) is 0 Å². The maximum Gasteiger partial charge on any atom is 0.164 e. The summed E-state index contributed by atoms with van der Waals surface area (Å²) >= 11 is 0. The largest absolute Gasteiger partial charge is 0.456 e. The first-order valence-electron chi connectivity index (χ1n) is 18.8. The van der Waals surface area contributed by atoms with E-state index in [1.807, 2.05) is 48.5 Å². The van der Waals surface area contributed by atoms with Crippen molar-refractivity contribution in [1.29, 1.82) is 0 Å². The number of hydrogen-bond donors (Lipinski definition) is 0. The first-order valence-corrected chi connectivity index (χ1v) is 18.8. The minimum atomic E-state index is 0.600. The highest BCUT2D eigenvalue weighted by Crippen LogP contribution is 2.40. The van der Waals surface area contributed by atoms with Gasteiger partial charge >= 0.3 is 0 Å². The van der Waals surface area contributed by atoms with Gasteiger partial charge in [0.2, 0.25) is 0 Å². The summed E-state index contributed by atoms with van der Waals surface area (Å²) in [6.45, 7) is 0. The highest BCUT2D eigenvalue weighted by Gasteiger charge is 2.19. The summed E-state index contributed by atoms with van der Waals surface area (Å²) in [7, 11) is 0. The molecule has 0 aliphatic rings. The van der Waals surface area contributed by atoms with Crippen molar-refractivity contribution < 1.29 is 4.42 Å². The van der Waals surface area contributed by atoms with Gasteiger partial charge in [0, 0.05) is 43.9 Å². The maximum atomic E-state index is 6.57. The molecule has 5 heteroatoms. The van der Waals surface area contributed by atoms with Crippen molar-refractivity contribution in [2.24, 2.45) is 0 Å².